The Hall–Kier alpha value is -3.12. The van der Waals surface area contributed by atoms with Crippen LogP contribution in [0.15, 0.2) is 73.1 Å². The van der Waals surface area contributed by atoms with E-state index in [0.29, 0.717) is 0 Å². The first-order valence-corrected chi connectivity index (χ1v) is 10.4. The predicted octanol–water partition coefficient (Wildman–Crippen LogP) is 3.95. The highest BCUT2D eigenvalue weighted by atomic mass is 32.2. The number of nitrogens with one attached hydrogen (secondary N) is 1. The summed E-state index contributed by atoms with van der Waals surface area (Å²) in [6, 6.07) is 19.5. The van der Waals surface area contributed by atoms with Crippen molar-refractivity contribution in [2.75, 3.05) is 10.2 Å². The summed E-state index contributed by atoms with van der Waals surface area (Å²) in [5.74, 6) is -0.217. The molecule has 5 rings (SSSR count). The quantitative estimate of drug-likeness (QED) is 0.722. The normalized spacial score (nSPS) is 22.8. The fourth-order valence-electron chi connectivity index (χ4n) is 4.06. The van der Waals surface area contributed by atoms with Gasteiger partial charge in [0.05, 0.1) is 5.25 Å². The van der Waals surface area contributed by atoms with Crippen LogP contribution in [0.3, 0.4) is 0 Å². The van der Waals surface area contributed by atoms with Crippen LogP contribution in [-0.2, 0) is 20.9 Å². The van der Waals surface area contributed by atoms with Gasteiger partial charge in [-0.1, -0.05) is 30.3 Å². The number of thioether (sulfide) groups is 1. The van der Waals surface area contributed by atoms with Crippen LogP contribution in [0.5, 0.6) is 0 Å². The molecule has 6 heteroatoms. The van der Waals surface area contributed by atoms with Crippen molar-refractivity contribution in [2.24, 2.45) is 0 Å². The Morgan fingerprint density at radius 3 is 2.45 bits per heavy atom. The van der Waals surface area contributed by atoms with Crippen molar-refractivity contribution in [1.29, 1.82) is 0 Å². The van der Waals surface area contributed by atoms with Crippen molar-refractivity contribution in [3.05, 3.63) is 89.7 Å². The first-order valence-electron chi connectivity index (χ1n) is 9.50. The van der Waals surface area contributed by atoms with E-state index in [-0.39, 0.29) is 17.1 Å². The third-order valence-corrected chi connectivity index (χ3v) is 6.91. The van der Waals surface area contributed by atoms with E-state index in [1.54, 1.807) is 17.3 Å². The van der Waals surface area contributed by atoms with Crippen LogP contribution in [-0.4, -0.2) is 22.0 Å². The number of benzene rings is 2. The Kier molecular flexibility index (Phi) is 4.17. The number of amides is 2. The van der Waals surface area contributed by atoms with Gasteiger partial charge in [0.15, 0.2) is 0 Å². The number of hydrogen-bond donors (Lipinski definition) is 1. The summed E-state index contributed by atoms with van der Waals surface area (Å²) in [5, 5.41) is 2.65. The second-order valence-electron chi connectivity index (χ2n) is 7.28. The number of anilines is 2. The first-order chi connectivity index (χ1) is 14.1. The number of aromatic nitrogens is 1. The van der Waals surface area contributed by atoms with Crippen LogP contribution in [0.2, 0.25) is 0 Å². The third-order valence-electron chi connectivity index (χ3n) is 5.43. The van der Waals surface area contributed by atoms with Crippen LogP contribution >= 0.6 is 11.8 Å². The van der Waals surface area contributed by atoms with Gasteiger partial charge >= 0.3 is 0 Å². The number of pyridine rings is 1. The molecule has 1 fully saturated rings. The Labute approximate surface area is 173 Å². The molecule has 144 valence electrons. The van der Waals surface area contributed by atoms with Gasteiger partial charge in [0.25, 0.3) is 5.91 Å². The lowest BCUT2D eigenvalue weighted by molar-refractivity contribution is -0.122. The SMILES string of the molecule is C[C@H]1S[C@@]2(C(=O)Nc3ccccc32)N(c2ccc(Cc3ccncc3)cc2)C1=O. The molecular formula is C23H19N3O2S. The molecule has 29 heavy (non-hydrogen) atoms. The number of fused-ring (bicyclic) bond motifs is 2. The van der Waals surface area contributed by atoms with Crippen LogP contribution in [0, 0.1) is 0 Å². The minimum Gasteiger partial charge on any atom is -0.323 e. The zero-order chi connectivity index (χ0) is 20.0. The molecule has 1 aromatic heterocycles. The van der Waals surface area contributed by atoms with E-state index in [9.17, 15) is 9.59 Å². The summed E-state index contributed by atoms with van der Waals surface area (Å²) in [6.07, 6.45) is 4.35. The molecule has 1 spiro atoms. The topological polar surface area (TPSA) is 62.3 Å². The minimum atomic E-state index is -1.06. The average Bonchev–Trinajstić information content (AvgIpc) is 3.17. The summed E-state index contributed by atoms with van der Waals surface area (Å²) >= 11 is 1.40. The summed E-state index contributed by atoms with van der Waals surface area (Å²) in [5.41, 5.74) is 4.66. The minimum absolute atomic E-state index is 0.0521. The second-order valence-corrected chi connectivity index (χ2v) is 8.81. The summed E-state index contributed by atoms with van der Waals surface area (Å²) in [4.78, 5) is 30.9. The summed E-state index contributed by atoms with van der Waals surface area (Å²) in [6.45, 7) is 1.86. The number of rotatable bonds is 3. The molecule has 3 aromatic rings. The highest BCUT2D eigenvalue weighted by Gasteiger charge is 2.60. The monoisotopic (exact) mass is 401 g/mol. The van der Waals surface area contributed by atoms with Gasteiger partial charge in [-0.05, 0) is 54.8 Å². The molecule has 5 nitrogen and oxygen atoms in total. The number of hydrogen-bond acceptors (Lipinski definition) is 4. The van der Waals surface area contributed by atoms with Crippen molar-refractivity contribution in [3.63, 3.8) is 0 Å². The van der Waals surface area contributed by atoms with Gasteiger partial charge in [0, 0.05) is 29.3 Å². The Morgan fingerprint density at radius 1 is 1.00 bits per heavy atom. The molecule has 0 saturated carbocycles. The maximum atomic E-state index is 13.1. The molecule has 1 N–H and O–H groups in total. The van der Waals surface area contributed by atoms with Gasteiger partial charge in [0.1, 0.15) is 0 Å². The molecule has 0 bridgehead atoms. The maximum absolute atomic E-state index is 13.1. The molecule has 2 amide bonds. The van der Waals surface area contributed by atoms with Gasteiger partial charge in [-0.15, -0.1) is 11.8 Å². The van der Waals surface area contributed by atoms with E-state index in [1.807, 2.05) is 67.6 Å². The lowest BCUT2D eigenvalue weighted by Gasteiger charge is -2.32. The van der Waals surface area contributed by atoms with E-state index < -0.39 is 4.87 Å². The van der Waals surface area contributed by atoms with Gasteiger partial charge in [-0.3, -0.25) is 19.5 Å². The molecule has 0 unspecified atom stereocenters. The maximum Gasteiger partial charge on any atom is 0.266 e. The fraction of sp³-hybridized carbons (Fsp3) is 0.174. The van der Waals surface area contributed by atoms with E-state index >= 15 is 0 Å². The Balaban J connectivity index is 1.54. The number of para-hydroxylation sites is 1. The molecule has 2 atom stereocenters. The lowest BCUT2D eigenvalue weighted by Crippen LogP contribution is -2.47. The Bertz CT molecular complexity index is 1100. The smallest absolute Gasteiger partial charge is 0.266 e. The molecule has 1 saturated heterocycles. The average molecular weight is 401 g/mol. The van der Waals surface area contributed by atoms with Crippen molar-refractivity contribution in [1.82, 2.24) is 4.98 Å². The van der Waals surface area contributed by atoms with Gasteiger partial charge < -0.3 is 5.32 Å². The third kappa shape index (κ3) is 2.75. The molecular weight excluding hydrogens is 382 g/mol. The van der Waals surface area contributed by atoms with Crippen LogP contribution in [0.1, 0.15) is 23.6 Å². The van der Waals surface area contributed by atoms with Crippen LogP contribution in [0.4, 0.5) is 11.4 Å². The standard InChI is InChI=1S/C23H19N3O2S/c1-15-21(27)26(23(29-15)19-4-2-3-5-20(19)25-22(23)28)18-8-6-16(7-9-18)14-17-10-12-24-13-11-17/h2-13,15H,14H2,1H3,(H,25,28)/t15-,23+/m1/s1. The first kappa shape index (κ1) is 17.9. The highest BCUT2D eigenvalue weighted by molar-refractivity contribution is 8.03. The molecule has 2 aromatic carbocycles. The number of nitrogens with zero attached hydrogens (tertiary/aromatic N) is 2. The van der Waals surface area contributed by atoms with E-state index in [1.165, 1.54) is 17.3 Å². The fourth-order valence-corrected chi connectivity index (χ4v) is 5.54. The van der Waals surface area contributed by atoms with E-state index in [4.69, 9.17) is 0 Å². The molecule has 0 radical (unpaired) electrons. The highest BCUT2D eigenvalue weighted by Crippen LogP contribution is 2.55. The number of carbonyl (C=O) groups is 2. The van der Waals surface area contributed by atoms with Crippen molar-refractivity contribution in [3.8, 4) is 0 Å². The van der Waals surface area contributed by atoms with E-state index in [2.05, 4.69) is 10.3 Å². The van der Waals surface area contributed by atoms with Crippen LogP contribution in [0.25, 0.3) is 0 Å². The van der Waals surface area contributed by atoms with Crippen molar-refractivity contribution >= 4 is 35.0 Å². The van der Waals surface area contributed by atoms with Crippen molar-refractivity contribution < 1.29 is 9.59 Å². The summed E-state index contributed by atoms with van der Waals surface area (Å²) < 4.78 is 0. The molecule has 2 aliphatic heterocycles. The zero-order valence-corrected chi connectivity index (χ0v) is 16.6. The van der Waals surface area contributed by atoms with E-state index in [0.717, 1.165) is 28.9 Å². The molecule has 0 aliphatic carbocycles. The molecule has 3 heterocycles. The second kappa shape index (κ2) is 6.74. The van der Waals surface area contributed by atoms with Gasteiger partial charge in [-0.25, -0.2) is 0 Å². The largest absolute Gasteiger partial charge is 0.323 e. The van der Waals surface area contributed by atoms with Crippen molar-refractivity contribution in [2.45, 2.75) is 23.5 Å². The summed E-state index contributed by atoms with van der Waals surface area (Å²) in [7, 11) is 0. The van der Waals surface area contributed by atoms with Gasteiger partial charge in [-0.2, -0.15) is 0 Å². The molecule has 2 aliphatic rings. The van der Waals surface area contributed by atoms with Crippen LogP contribution < -0.4 is 10.2 Å². The lowest BCUT2D eigenvalue weighted by atomic mass is 10.0. The van der Waals surface area contributed by atoms with Gasteiger partial charge in [0.2, 0.25) is 10.8 Å². The Morgan fingerprint density at radius 2 is 1.69 bits per heavy atom. The number of carbonyl (C=O) groups excluding carboxylic acids is 2. The zero-order valence-electron chi connectivity index (χ0n) is 15.8. The predicted molar refractivity (Wildman–Crippen MR) is 115 cm³/mol.